The van der Waals surface area contributed by atoms with Crippen LogP contribution in [-0.4, -0.2) is 72.5 Å². The maximum atomic E-state index is 13.4. The number of nitrogens with zero attached hydrogens (tertiary/aromatic N) is 1. The maximum Gasteiger partial charge on any atom is 0.253 e. The molecule has 5 rings (SSSR count). The average Bonchev–Trinajstić information content (AvgIpc) is 3.34. The molecule has 1 aliphatic carbocycles. The van der Waals surface area contributed by atoms with Gasteiger partial charge < -0.3 is 29.8 Å². The normalized spacial score (nSPS) is 27.2. The number of morpholine rings is 1. The monoisotopic (exact) mass is 538 g/mol. The number of hydrogen-bond acceptors (Lipinski definition) is 7. The fourth-order valence-corrected chi connectivity index (χ4v) is 6.02. The van der Waals surface area contributed by atoms with Crippen LogP contribution in [0.2, 0.25) is 0 Å². The third-order valence-electron chi connectivity index (χ3n) is 8.17. The van der Waals surface area contributed by atoms with E-state index < -0.39 is 0 Å². The predicted octanol–water partition coefficient (Wildman–Crippen LogP) is 3.45. The van der Waals surface area contributed by atoms with Crippen molar-refractivity contribution < 1.29 is 19.0 Å². The van der Waals surface area contributed by atoms with Gasteiger partial charge in [-0.3, -0.25) is 14.5 Å². The van der Waals surface area contributed by atoms with Crippen molar-refractivity contribution in [1.29, 1.82) is 0 Å². The number of ether oxygens (including phenoxy) is 3. The number of aromatic nitrogens is 1. The van der Waals surface area contributed by atoms with Crippen molar-refractivity contribution in [3.8, 4) is 5.75 Å². The van der Waals surface area contributed by atoms with Gasteiger partial charge in [-0.05, 0) is 64.3 Å². The van der Waals surface area contributed by atoms with E-state index in [1.54, 1.807) is 0 Å². The molecule has 39 heavy (non-hydrogen) atoms. The fraction of sp³-hybridized carbons (Fsp3) is 0.600. The number of H-pyrrole nitrogens is 1. The van der Waals surface area contributed by atoms with Crippen LogP contribution in [0.1, 0.15) is 65.9 Å². The van der Waals surface area contributed by atoms with Crippen molar-refractivity contribution in [2.45, 2.75) is 90.8 Å². The topological polar surface area (TPSA) is 105 Å². The molecule has 3 atom stereocenters. The van der Waals surface area contributed by atoms with Crippen molar-refractivity contribution in [3.63, 3.8) is 0 Å². The molecule has 0 spiro atoms. The molecule has 2 aliphatic heterocycles. The van der Waals surface area contributed by atoms with E-state index in [0.717, 1.165) is 61.5 Å². The molecule has 1 aromatic heterocycles. The highest BCUT2D eigenvalue weighted by Gasteiger charge is 2.38. The first-order chi connectivity index (χ1) is 18.7. The Morgan fingerprint density at radius 3 is 2.54 bits per heavy atom. The van der Waals surface area contributed by atoms with Gasteiger partial charge in [-0.2, -0.15) is 0 Å². The largest absolute Gasteiger partial charge is 0.490 e. The molecule has 1 amide bonds. The average molecular weight is 539 g/mol. The summed E-state index contributed by atoms with van der Waals surface area (Å²) in [5.41, 5.74) is 4.32. The van der Waals surface area contributed by atoms with Crippen LogP contribution >= 0.6 is 0 Å². The smallest absolute Gasteiger partial charge is 0.253 e. The molecule has 3 N–H and O–H groups in total. The molecule has 1 saturated carbocycles. The summed E-state index contributed by atoms with van der Waals surface area (Å²) in [5, 5.41) is 6.52. The summed E-state index contributed by atoms with van der Waals surface area (Å²) in [4.78, 5) is 31.2. The van der Waals surface area contributed by atoms with E-state index in [1.165, 1.54) is 0 Å². The number of anilines is 1. The Hall–Kier alpha value is -2.88. The van der Waals surface area contributed by atoms with Crippen molar-refractivity contribution in [2.75, 3.05) is 31.6 Å². The molecule has 1 aromatic carbocycles. The lowest BCUT2D eigenvalue weighted by molar-refractivity contribution is -0.103. The minimum Gasteiger partial charge on any atom is -0.490 e. The molecule has 3 heterocycles. The zero-order valence-electron chi connectivity index (χ0n) is 23.8. The summed E-state index contributed by atoms with van der Waals surface area (Å²) in [6, 6.07) is 6.45. The van der Waals surface area contributed by atoms with Crippen LogP contribution < -0.4 is 20.9 Å². The van der Waals surface area contributed by atoms with E-state index in [-0.39, 0.29) is 42.4 Å². The Morgan fingerprint density at radius 1 is 1.13 bits per heavy atom. The van der Waals surface area contributed by atoms with Crippen molar-refractivity contribution in [1.82, 2.24) is 15.2 Å². The second-order valence-corrected chi connectivity index (χ2v) is 11.6. The second-order valence-electron chi connectivity index (χ2n) is 11.6. The van der Waals surface area contributed by atoms with Gasteiger partial charge in [0.25, 0.3) is 11.5 Å². The zero-order chi connectivity index (χ0) is 27.7. The lowest BCUT2D eigenvalue weighted by atomic mass is 9.87. The van der Waals surface area contributed by atoms with Crippen molar-refractivity contribution in [3.05, 3.63) is 56.5 Å². The minimum atomic E-state index is -0.231. The minimum absolute atomic E-state index is 0.110. The van der Waals surface area contributed by atoms with Gasteiger partial charge in [-0.15, -0.1) is 0 Å². The van der Waals surface area contributed by atoms with Crippen LogP contribution in [-0.2, 0) is 16.0 Å². The highest BCUT2D eigenvalue weighted by atomic mass is 16.5. The number of carbonyl (C=O) groups excluding carboxylic acids is 1. The summed E-state index contributed by atoms with van der Waals surface area (Å²) < 4.78 is 17.9. The Morgan fingerprint density at radius 2 is 1.87 bits per heavy atom. The van der Waals surface area contributed by atoms with Crippen LogP contribution in [0, 0.1) is 20.8 Å². The summed E-state index contributed by atoms with van der Waals surface area (Å²) in [6.45, 7) is 13.4. The highest BCUT2D eigenvalue weighted by molar-refractivity contribution is 5.97. The summed E-state index contributed by atoms with van der Waals surface area (Å²) >= 11 is 0. The summed E-state index contributed by atoms with van der Waals surface area (Å²) in [5.74, 6) is 0.453. The Bertz CT molecular complexity index is 1240. The van der Waals surface area contributed by atoms with Crippen LogP contribution in [0.25, 0.3) is 0 Å². The van der Waals surface area contributed by atoms with Crippen LogP contribution in [0.3, 0.4) is 0 Å². The van der Waals surface area contributed by atoms with Gasteiger partial charge in [-0.25, -0.2) is 0 Å². The van der Waals surface area contributed by atoms with Gasteiger partial charge in [0, 0.05) is 73.7 Å². The second kappa shape index (κ2) is 11.7. The Kier molecular flexibility index (Phi) is 8.30. The van der Waals surface area contributed by atoms with Gasteiger partial charge in [0.2, 0.25) is 0 Å². The first-order valence-electron chi connectivity index (χ1n) is 14.2. The van der Waals surface area contributed by atoms with Gasteiger partial charge in [-0.1, -0.05) is 0 Å². The molecular weight excluding hydrogens is 496 g/mol. The molecule has 1 unspecified atom stereocenters. The highest BCUT2D eigenvalue weighted by Crippen LogP contribution is 2.34. The van der Waals surface area contributed by atoms with E-state index in [2.05, 4.69) is 34.4 Å². The summed E-state index contributed by atoms with van der Waals surface area (Å²) in [7, 11) is 0. The third kappa shape index (κ3) is 6.48. The van der Waals surface area contributed by atoms with E-state index in [4.69, 9.17) is 14.2 Å². The third-order valence-corrected chi connectivity index (χ3v) is 8.17. The molecule has 212 valence electrons. The van der Waals surface area contributed by atoms with Gasteiger partial charge in [0.15, 0.2) is 0 Å². The van der Waals surface area contributed by atoms with Crippen LogP contribution in [0.5, 0.6) is 5.75 Å². The lowest BCUT2D eigenvalue weighted by Gasteiger charge is -2.46. The molecule has 0 radical (unpaired) electrons. The van der Waals surface area contributed by atoms with Crippen molar-refractivity contribution in [2.24, 2.45) is 0 Å². The molecule has 2 saturated heterocycles. The lowest BCUT2D eigenvalue weighted by Crippen LogP contribution is -2.56. The van der Waals surface area contributed by atoms with E-state index in [0.29, 0.717) is 29.5 Å². The Labute approximate surface area is 230 Å². The van der Waals surface area contributed by atoms with Gasteiger partial charge in [0.05, 0.1) is 24.9 Å². The molecule has 9 nitrogen and oxygen atoms in total. The number of pyridine rings is 1. The van der Waals surface area contributed by atoms with Crippen LogP contribution in [0.4, 0.5) is 5.69 Å². The first kappa shape index (κ1) is 27.7. The van der Waals surface area contributed by atoms with Crippen LogP contribution in [0.15, 0.2) is 23.0 Å². The molecule has 3 fully saturated rings. The number of aromatic amines is 1. The summed E-state index contributed by atoms with van der Waals surface area (Å²) in [6.07, 6.45) is 3.45. The van der Waals surface area contributed by atoms with E-state index >= 15 is 0 Å². The number of nitrogens with one attached hydrogen (secondary N) is 3. The number of aryl methyl sites for hydroxylation is 2. The fourth-order valence-electron chi connectivity index (χ4n) is 6.02. The zero-order valence-corrected chi connectivity index (χ0v) is 23.8. The number of amides is 1. The Balaban J connectivity index is 1.30. The SMILES string of the molecule is Cc1cc(C)c(CNC(=O)c2cc(OC3CC(N4C[C@@H](C)O[C@@H](C)C4)C3)cc(NC3CCOC3)c2C)c(=O)[nH]1. The molecule has 2 aromatic rings. The number of hydrogen-bond donors (Lipinski definition) is 3. The number of rotatable bonds is 8. The quantitative estimate of drug-likeness (QED) is 0.473. The predicted molar refractivity (Wildman–Crippen MR) is 151 cm³/mol. The molecule has 0 bridgehead atoms. The maximum absolute atomic E-state index is 13.4. The molecule has 9 heteroatoms. The first-order valence-corrected chi connectivity index (χ1v) is 14.2. The van der Waals surface area contributed by atoms with Gasteiger partial charge in [0.1, 0.15) is 11.9 Å². The van der Waals surface area contributed by atoms with E-state index in [1.807, 2.05) is 39.0 Å². The molecule has 3 aliphatic rings. The number of carbonyl (C=O) groups is 1. The number of benzene rings is 1. The van der Waals surface area contributed by atoms with Gasteiger partial charge >= 0.3 is 0 Å². The molecular formula is C30H42N4O5. The van der Waals surface area contributed by atoms with Crippen molar-refractivity contribution >= 4 is 11.6 Å². The van der Waals surface area contributed by atoms with E-state index in [9.17, 15) is 9.59 Å². The standard InChI is InChI=1S/C30H42N4O5/c1-17-8-18(2)32-30(36)27(17)13-31-29(35)26-11-25(12-28(21(26)5)33-22-6-7-37-16-22)39-24-9-23(10-24)34-14-19(3)38-20(4)15-34/h8,11-12,19-20,22-24,33H,6-7,9-10,13-16H2,1-5H3,(H,31,35)(H,32,36)/t19-,20+,22?,23?,24?.